The molecule has 0 aliphatic rings. The summed E-state index contributed by atoms with van der Waals surface area (Å²) in [5.74, 6) is 0. The Kier molecular flexibility index (Phi) is 6.75. The van der Waals surface area contributed by atoms with E-state index in [1.54, 1.807) is 24.4 Å². The highest BCUT2D eigenvalue weighted by atomic mass is 19.4. The van der Waals surface area contributed by atoms with Gasteiger partial charge in [-0.15, -0.1) is 0 Å². The molecule has 2 nitrogen and oxygen atoms in total. The van der Waals surface area contributed by atoms with Gasteiger partial charge in [-0.1, -0.05) is 30.4 Å². The molecular weight excluding hydrogens is 279 g/mol. The average molecular weight is 297 g/mol. The van der Waals surface area contributed by atoms with Crippen LogP contribution in [0.5, 0.6) is 0 Å². The second-order valence-corrected chi connectivity index (χ2v) is 4.46. The Balaban J connectivity index is 2.47. The fraction of sp³-hybridized carbons (Fsp3) is 0.250. The van der Waals surface area contributed by atoms with E-state index in [-0.39, 0.29) is 6.61 Å². The van der Waals surface area contributed by atoms with Gasteiger partial charge in [-0.2, -0.15) is 13.2 Å². The van der Waals surface area contributed by atoms with Gasteiger partial charge >= 0.3 is 6.18 Å². The van der Waals surface area contributed by atoms with Crippen molar-refractivity contribution >= 4 is 5.69 Å². The van der Waals surface area contributed by atoms with Gasteiger partial charge in [0.25, 0.3) is 0 Å². The van der Waals surface area contributed by atoms with Crippen molar-refractivity contribution in [3.63, 3.8) is 0 Å². The number of halogens is 3. The molecule has 0 radical (unpaired) electrons. The lowest BCUT2D eigenvalue weighted by atomic mass is 10.2. The van der Waals surface area contributed by atoms with Gasteiger partial charge in [0.15, 0.2) is 0 Å². The molecule has 2 N–H and O–H groups in total. The molecule has 0 atom stereocenters. The molecule has 0 aromatic heterocycles. The summed E-state index contributed by atoms with van der Waals surface area (Å²) in [5.41, 5.74) is 0.573. The normalized spacial score (nSPS) is 13.3. The van der Waals surface area contributed by atoms with Gasteiger partial charge in [0.1, 0.15) is 0 Å². The summed E-state index contributed by atoms with van der Waals surface area (Å²) in [4.78, 5) is 0. The van der Waals surface area contributed by atoms with Crippen molar-refractivity contribution in [1.82, 2.24) is 0 Å². The van der Waals surface area contributed by atoms with Crippen molar-refractivity contribution in [2.24, 2.45) is 0 Å². The van der Waals surface area contributed by atoms with Gasteiger partial charge in [-0.25, -0.2) is 0 Å². The predicted octanol–water partition coefficient (Wildman–Crippen LogP) is 4.52. The van der Waals surface area contributed by atoms with Crippen LogP contribution in [0.4, 0.5) is 18.9 Å². The number of anilines is 1. The minimum Gasteiger partial charge on any atom is -0.392 e. The Hall–Kier alpha value is -2.01. The van der Waals surface area contributed by atoms with E-state index < -0.39 is 11.7 Å². The Morgan fingerprint density at radius 2 is 2.05 bits per heavy atom. The summed E-state index contributed by atoms with van der Waals surface area (Å²) in [6.45, 7) is 1.84. The zero-order chi connectivity index (χ0) is 15.7. The number of aliphatic hydroxyl groups excluding tert-OH is 1. The summed E-state index contributed by atoms with van der Waals surface area (Å²) in [7, 11) is 0. The van der Waals surface area contributed by atoms with Gasteiger partial charge in [0, 0.05) is 5.69 Å². The van der Waals surface area contributed by atoms with Crippen LogP contribution in [0.15, 0.2) is 60.3 Å². The van der Waals surface area contributed by atoms with E-state index in [0.717, 1.165) is 17.7 Å². The van der Waals surface area contributed by atoms with Gasteiger partial charge in [-0.3, -0.25) is 0 Å². The van der Waals surface area contributed by atoms with E-state index in [0.29, 0.717) is 12.1 Å². The lowest BCUT2D eigenvalue weighted by Crippen LogP contribution is -2.04. The highest BCUT2D eigenvalue weighted by molar-refractivity contribution is 5.48. The molecule has 1 aromatic rings. The van der Waals surface area contributed by atoms with Crippen LogP contribution in [-0.4, -0.2) is 11.7 Å². The summed E-state index contributed by atoms with van der Waals surface area (Å²) in [6.07, 6.45) is 5.20. The van der Waals surface area contributed by atoms with Crippen LogP contribution < -0.4 is 5.32 Å². The zero-order valence-electron chi connectivity index (χ0n) is 11.7. The van der Waals surface area contributed by atoms with Crippen LogP contribution in [0.1, 0.15) is 18.9 Å². The first-order valence-electron chi connectivity index (χ1n) is 6.45. The lowest BCUT2D eigenvalue weighted by Gasteiger charge is -2.08. The van der Waals surface area contributed by atoms with Crippen LogP contribution in [0.2, 0.25) is 0 Å². The quantitative estimate of drug-likeness (QED) is 0.757. The molecule has 0 bridgehead atoms. The molecule has 114 valence electrons. The molecular formula is C16H18F3NO. The number of allylic oxidation sites excluding steroid dienone is 4. The topological polar surface area (TPSA) is 32.3 Å². The molecule has 0 unspecified atom stereocenters. The molecule has 0 saturated heterocycles. The molecule has 0 heterocycles. The minimum absolute atomic E-state index is 0.0251. The van der Waals surface area contributed by atoms with Crippen molar-refractivity contribution in [2.45, 2.75) is 19.5 Å². The summed E-state index contributed by atoms with van der Waals surface area (Å²) in [6, 6.07) is 5.03. The monoisotopic (exact) mass is 297 g/mol. The van der Waals surface area contributed by atoms with Crippen LogP contribution in [0.25, 0.3) is 0 Å². The molecule has 1 aromatic carbocycles. The standard InChI is InChI=1S/C16H18F3NO/c1-13(12-21)7-4-2-3-5-10-20-15-9-6-8-14(11-15)16(17,18)19/h2,4-11,20-21H,3,12H2,1H3/b4-2?,10-5+,13-7+. The molecule has 0 fully saturated rings. The molecule has 0 amide bonds. The Labute approximate surface area is 122 Å². The number of aliphatic hydroxyl groups is 1. The van der Waals surface area contributed by atoms with Gasteiger partial charge in [-0.05, 0) is 43.3 Å². The number of hydrogen-bond acceptors (Lipinski definition) is 2. The second-order valence-electron chi connectivity index (χ2n) is 4.46. The lowest BCUT2D eigenvalue weighted by molar-refractivity contribution is -0.137. The number of benzene rings is 1. The van der Waals surface area contributed by atoms with E-state index in [9.17, 15) is 13.2 Å². The Morgan fingerprint density at radius 3 is 2.71 bits per heavy atom. The van der Waals surface area contributed by atoms with Crippen LogP contribution in [0, 0.1) is 0 Å². The third-order valence-electron chi connectivity index (χ3n) is 2.60. The first-order chi connectivity index (χ1) is 9.93. The third kappa shape index (κ3) is 6.81. The maximum Gasteiger partial charge on any atom is 0.416 e. The molecule has 0 saturated carbocycles. The average Bonchev–Trinajstić information content (AvgIpc) is 2.45. The van der Waals surface area contributed by atoms with Crippen LogP contribution >= 0.6 is 0 Å². The van der Waals surface area contributed by atoms with Gasteiger partial charge in [0.2, 0.25) is 0 Å². The smallest absolute Gasteiger partial charge is 0.392 e. The Bertz CT molecular complexity index is 531. The first kappa shape index (κ1) is 17.0. The molecule has 21 heavy (non-hydrogen) atoms. The first-order valence-corrected chi connectivity index (χ1v) is 6.45. The molecule has 1 rings (SSSR count). The van der Waals surface area contributed by atoms with E-state index >= 15 is 0 Å². The molecule has 0 aliphatic carbocycles. The predicted molar refractivity (Wildman–Crippen MR) is 78.8 cm³/mol. The largest absolute Gasteiger partial charge is 0.416 e. The van der Waals surface area contributed by atoms with E-state index in [1.165, 1.54) is 6.07 Å². The van der Waals surface area contributed by atoms with E-state index in [2.05, 4.69) is 5.32 Å². The molecule has 0 spiro atoms. The fourth-order valence-corrected chi connectivity index (χ4v) is 1.45. The Morgan fingerprint density at radius 1 is 1.29 bits per heavy atom. The van der Waals surface area contributed by atoms with Crippen LogP contribution in [0.3, 0.4) is 0 Å². The van der Waals surface area contributed by atoms with E-state index in [1.807, 2.05) is 19.1 Å². The van der Waals surface area contributed by atoms with Crippen molar-refractivity contribution in [1.29, 1.82) is 0 Å². The van der Waals surface area contributed by atoms with Crippen molar-refractivity contribution < 1.29 is 18.3 Å². The zero-order valence-corrected chi connectivity index (χ0v) is 11.7. The maximum atomic E-state index is 12.5. The van der Waals surface area contributed by atoms with Crippen LogP contribution in [-0.2, 0) is 6.18 Å². The van der Waals surface area contributed by atoms with Crippen molar-refractivity contribution in [3.8, 4) is 0 Å². The fourth-order valence-electron chi connectivity index (χ4n) is 1.45. The minimum atomic E-state index is -4.33. The number of alkyl halides is 3. The van der Waals surface area contributed by atoms with Gasteiger partial charge < -0.3 is 10.4 Å². The SMILES string of the molecule is C/C(=C\C=CC/C=C/Nc1cccc(C(F)(F)F)c1)CO. The van der Waals surface area contributed by atoms with Gasteiger partial charge in [0.05, 0.1) is 12.2 Å². The maximum absolute atomic E-state index is 12.5. The number of hydrogen-bond donors (Lipinski definition) is 2. The number of rotatable bonds is 6. The third-order valence-corrected chi connectivity index (χ3v) is 2.60. The highest BCUT2D eigenvalue weighted by Gasteiger charge is 2.30. The second kappa shape index (κ2) is 8.32. The van der Waals surface area contributed by atoms with Crippen molar-refractivity contribution in [3.05, 3.63) is 65.9 Å². The van der Waals surface area contributed by atoms with E-state index in [4.69, 9.17) is 5.11 Å². The number of nitrogens with one attached hydrogen (secondary N) is 1. The molecule has 5 heteroatoms. The molecule has 0 aliphatic heterocycles. The summed E-state index contributed by atoms with van der Waals surface area (Å²) in [5, 5.41) is 11.6. The highest BCUT2D eigenvalue weighted by Crippen LogP contribution is 2.30. The summed E-state index contributed by atoms with van der Waals surface area (Å²) >= 11 is 0. The summed E-state index contributed by atoms with van der Waals surface area (Å²) < 4.78 is 37.5. The van der Waals surface area contributed by atoms with Crippen molar-refractivity contribution in [2.75, 3.05) is 11.9 Å².